The Balaban J connectivity index is 1.45. The Morgan fingerprint density at radius 3 is 2.12 bits per heavy atom. The maximum absolute atomic E-state index is 4.40. The smallest absolute Gasteiger partial charge is 0.175 e. The van der Waals surface area contributed by atoms with Gasteiger partial charge in [0.25, 0.3) is 0 Å². The lowest BCUT2D eigenvalue weighted by Crippen LogP contribution is -2.31. The van der Waals surface area contributed by atoms with Crippen LogP contribution in [0.2, 0.25) is 0 Å². The van der Waals surface area contributed by atoms with E-state index >= 15 is 0 Å². The van der Waals surface area contributed by atoms with Crippen LogP contribution in [0.4, 0.5) is 11.6 Å². The van der Waals surface area contributed by atoms with E-state index in [-0.39, 0.29) is 0 Å². The van der Waals surface area contributed by atoms with E-state index in [4.69, 9.17) is 0 Å². The van der Waals surface area contributed by atoms with Crippen LogP contribution in [0.25, 0.3) is 5.82 Å². The molecule has 4 rings (SSSR count). The second-order valence-corrected chi connectivity index (χ2v) is 6.06. The van der Waals surface area contributed by atoms with Crippen LogP contribution in [-0.4, -0.2) is 56.4 Å². The predicted molar refractivity (Wildman–Crippen MR) is 95.0 cm³/mol. The molecule has 0 atom stereocenters. The molecular formula is C17H20N8. The minimum absolute atomic E-state index is 0.729. The normalized spacial score (nSPS) is 15.2. The third-order valence-electron chi connectivity index (χ3n) is 4.30. The van der Waals surface area contributed by atoms with E-state index in [1.807, 2.05) is 43.5 Å². The lowest BCUT2D eigenvalue weighted by atomic mass is 10.3. The fourth-order valence-corrected chi connectivity index (χ4v) is 2.99. The third-order valence-corrected chi connectivity index (χ3v) is 4.30. The number of aromatic nitrogens is 6. The van der Waals surface area contributed by atoms with Gasteiger partial charge >= 0.3 is 0 Å². The van der Waals surface area contributed by atoms with E-state index in [0.29, 0.717) is 0 Å². The van der Waals surface area contributed by atoms with Gasteiger partial charge in [-0.1, -0.05) is 0 Å². The van der Waals surface area contributed by atoms with Gasteiger partial charge < -0.3 is 9.80 Å². The molecule has 0 amide bonds. The zero-order valence-electron chi connectivity index (χ0n) is 14.2. The molecule has 0 bridgehead atoms. The van der Waals surface area contributed by atoms with Crippen molar-refractivity contribution in [3.05, 3.63) is 48.4 Å². The minimum atomic E-state index is 0.729. The van der Waals surface area contributed by atoms with Crippen molar-refractivity contribution in [2.75, 3.05) is 36.0 Å². The van der Waals surface area contributed by atoms with Crippen LogP contribution in [0.3, 0.4) is 0 Å². The number of aryl methyl sites for hydroxylation is 1. The van der Waals surface area contributed by atoms with E-state index in [1.54, 1.807) is 10.9 Å². The molecule has 1 aliphatic rings. The molecule has 0 unspecified atom stereocenters. The Morgan fingerprint density at radius 2 is 1.52 bits per heavy atom. The highest BCUT2D eigenvalue weighted by Crippen LogP contribution is 2.17. The van der Waals surface area contributed by atoms with Crippen LogP contribution in [-0.2, 0) is 0 Å². The van der Waals surface area contributed by atoms with Crippen molar-refractivity contribution < 1.29 is 0 Å². The summed E-state index contributed by atoms with van der Waals surface area (Å²) >= 11 is 0. The van der Waals surface area contributed by atoms with Crippen molar-refractivity contribution in [2.24, 2.45) is 0 Å². The Bertz CT molecular complexity index is 814. The van der Waals surface area contributed by atoms with E-state index in [2.05, 4.69) is 35.3 Å². The van der Waals surface area contributed by atoms with E-state index in [0.717, 1.165) is 55.7 Å². The summed E-state index contributed by atoms with van der Waals surface area (Å²) in [5.74, 6) is 2.56. The maximum atomic E-state index is 4.40. The van der Waals surface area contributed by atoms with Crippen LogP contribution in [0.5, 0.6) is 0 Å². The van der Waals surface area contributed by atoms with Crippen LogP contribution >= 0.6 is 0 Å². The van der Waals surface area contributed by atoms with E-state index < -0.39 is 0 Å². The van der Waals surface area contributed by atoms with E-state index in [9.17, 15) is 0 Å². The van der Waals surface area contributed by atoms with Crippen molar-refractivity contribution in [2.45, 2.75) is 13.3 Å². The molecule has 1 saturated heterocycles. The van der Waals surface area contributed by atoms with Gasteiger partial charge in [-0.25, -0.2) is 4.68 Å². The van der Waals surface area contributed by atoms with Gasteiger partial charge in [0.1, 0.15) is 0 Å². The Hall–Kier alpha value is -3.03. The summed E-state index contributed by atoms with van der Waals surface area (Å²) in [7, 11) is 0. The standard InChI is InChI=1S/C17H20N8/c1-14-7-11-25(22-14)17-6-5-16(20-21-17)24-10-3-9-23(12-13-24)15-4-2-8-18-19-15/h2,4-8,11H,3,9-10,12-13H2,1H3. The zero-order valence-corrected chi connectivity index (χ0v) is 14.2. The van der Waals surface area contributed by atoms with Crippen molar-refractivity contribution in [3.63, 3.8) is 0 Å². The van der Waals surface area contributed by atoms with Crippen LogP contribution in [0.1, 0.15) is 12.1 Å². The van der Waals surface area contributed by atoms with Gasteiger partial charge in [-0.05, 0) is 43.7 Å². The fourth-order valence-electron chi connectivity index (χ4n) is 2.99. The van der Waals surface area contributed by atoms with Crippen molar-refractivity contribution in [1.29, 1.82) is 0 Å². The third kappa shape index (κ3) is 3.42. The van der Waals surface area contributed by atoms with Gasteiger partial charge in [-0.15, -0.1) is 15.3 Å². The maximum Gasteiger partial charge on any atom is 0.175 e. The fraction of sp³-hybridized carbons (Fsp3) is 0.353. The molecule has 3 aromatic heterocycles. The summed E-state index contributed by atoms with van der Waals surface area (Å²) in [6.07, 6.45) is 4.63. The molecule has 1 fully saturated rings. The molecule has 8 heteroatoms. The zero-order chi connectivity index (χ0) is 17.1. The number of hydrogen-bond donors (Lipinski definition) is 0. The first-order chi connectivity index (χ1) is 12.3. The van der Waals surface area contributed by atoms with Crippen molar-refractivity contribution in [1.82, 2.24) is 30.2 Å². The highest BCUT2D eigenvalue weighted by molar-refractivity contribution is 5.42. The molecule has 0 radical (unpaired) electrons. The second-order valence-electron chi connectivity index (χ2n) is 6.06. The predicted octanol–water partition coefficient (Wildman–Crippen LogP) is 1.48. The quantitative estimate of drug-likeness (QED) is 0.717. The summed E-state index contributed by atoms with van der Waals surface area (Å²) in [6, 6.07) is 9.85. The first-order valence-corrected chi connectivity index (χ1v) is 8.43. The molecule has 0 N–H and O–H groups in total. The minimum Gasteiger partial charge on any atom is -0.353 e. The molecule has 0 aromatic carbocycles. The number of nitrogens with zero attached hydrogens (tertiary/aromatic N) is 8. The Kier molecular flexibility index (Phi) is 4.24. The summed E-state index contributed by atoms with van der Waals surface area (Å²) in [6.45, 7) is 5.64. The van der Waals surface area contributed by atoms with Gasteiger partial charge in [0.05, 0.1) is 5.69 Å². The molecular weight excluding hydrogens is 316 g/mol. The summed E-state index contributed by atoms with van der Waals surface area (Å²) in [5.41, 5.74) is 0.961. The Morgan fingerprint density at radius 1 is 0.800 bits per heavy atom. The molecule has 0 saturated carbocycles. The first kappa shape index (κ1) is 15.5. The summed E-state index contributed by atoms with van der Waals surface area (Å²) in [4.78, 5) is 4.53. The monoisotopic (exact) mass is 336 g/mol. The highest BCUT2D eigenvalue weighted by atomic mass is 15.4. The lowest BCUT2D eigenvalue weighted by Gasteiger charge is -2.22. The number of hydrogen-bond acceptors (Lipinski definition) is 7. The van der Waals surface area contributed by atoms with Gasteiger partial charge in [0.2, 0.25) is 0 Å². The lowest BCUT2D eigenvalue weighted by molar-refractivity contribution is 0.764. The molecule has 0 spiro atoms. The van der Waals surface area contributed by atoms with Crippen molar-refractivity contribution in [3.8, 4) is 5.82 Å². The molecule has 3 aromatic rings. The SMILES string of the molecule is Cc1ccn(-c2ccc(N3CCCN(c4cccnn4)CC3)nn2)n1. The molecule has 8 nitrogen and oxygen atoms in total. The highest BCUT2D eigenvalue weighted by Gasteiger charge is 2.17. The molecule has 0 aliphatic carbocycles. The summed E-state index contributed by atoms with van der Waals surface area (Å²) < 4.78 is 1.74. The van der Waals surface area contributed by atoms with Gasteiger partial charge in [-0.2, -0.15) is 10.2 Å². The topological polar surface area (TPSA) is 75.9 Å². The molecule has 4 heterocycles. The van der Waals surface area contributed by atoms with Crippen LogP contribution in [0.15, 0.2) is 42.7 Å². The van der Waals surface area contributed by atoms with Crippen LogP contribution < -0.4 is 9.80 Å². The Labute approximate surface area is 146 Å². The van der Waals surface area contributed by atoms with Gasteiger partial charge in [-0.3, -0.25) is 0 Å². The first-order valence-electron chi connectivity index (χ1n) is 8.43. The average molecular weight is 336 g/mol. The average Bonchev–Trinajstić information content (AvgIpc) is 2.95. The van der Waals surface area contributed by atoms with Gasteiger partial charge in [0, 0.05) is 38.6 Å². The molecule has 25 heavy (non-hydrogen) atoms. The second kappa shape index (κ2) is 6.84. The largest absolute Gasteiger partial charge is 0.353 e. The molecule has 1 aliphatic heterocycles. The van der Waals surface area contributed by atoms with Gasteiger partial charge in [0.15, 0.2) is 17.5 Å². The number of anilines is 2. The summed E-state index contributed by atoms with van der Waals surface area (Å²) in [5, 5.41) is 21.3. The van der Waals surface area contributed by atoms with Crippen molar-refractivity contribution >= 4 is 11.6 Å². The van der Waals surface area contributed by atoms with E-state index in [1.165, 1.54) is 0 Å². The molecule has 128 valence electrons. The number of rotatable bonds is 3. The van der Waals surface area contributed by atoms with Crippen LogP contribution in [0, 0.1) is 6.92 Å².